The second kappa shape index (κ2) is 3.69. The van der Waals surface area contributed by atoms with Crippen LogP contribution in [0.3, 0.4) is 0 Å². The molecule has 2 rings (SSSR count). The van der Waals surface area contributed by atoms with Crippen molar-refractivity contribution in [3.63, 3.8) is 0 Å². The Morgan fingerprint density at radius 3 is 2.92 bits per heavy atom. The maximum atomic E-state index is 11.5. The van der Waals surface area contributed by atoms with Crippen LogP contribution in [-0.2, 0) is 0 Å². The van der Waals surface area contributed by atoms with Crippen molar-refractivity contribution in [2.75, 3.05) is 0 Å². The Bertz CT molecular complexity index is 290. The van der Waals surface area contributed by atoms with Crippen molar-refractivity contribution in [3.05, 3.63) is 30.1 Å². The van der Waals surface area contributed by atoms with E-state index in [1.165, 1.54) is 12.8 Å². The molecule has 68 valence electrons. The predicted octanol–water partition coefficient (Wildman–Crippen LogP) is 2.45. The zero-order valence-electron chi connectivity index (χ0n) is 7.57. The Hall–Kier alpha value is -1.18. The first kappa shape index (κ1) is 8.42. The molecule has 0 saturated heterocycles. The van der Waals surface area contributed by atoms with Gasteiger partial charge in [0, 0.05) is 12.6 Å². The van der Waals surface area contributed by atoms with E-state index in [0.29, 0.717) is 12.1 Å². The predicted molar refractivity (Wildman–Crippen MR) is 50.5 cm³/mol. The average molecular weight is 175 g/mol. The lowest BCUT2D eigenvalue weighted by Gasteiger charge is -1.97. The van der Waals surface area contributed by atoms with Crippen LogP contribution in [0.2, 0.25) is 0 Å². The minimum atomic E-state index is 0.188. The smallest absolute Gasteiger partial charge is 0.181 e. The summed E-state index contributed by atoms with van der Waals surface area (Å²) in [5, 5.41) is 0. The number of nitrogens with zero attached hydrogens (tertiary/aromatic N) is 1. The monoisotopic (exact) mass is 175 g/mol. The van der Waals surface area contributed by atoms with E-state index in [1.54, 1.807) is 12.3 Å². The summed E-state index contributed by atoms with van der Waals surface area (Å²) >= 11 is 0. The van der Waals surface area contributed by atoms with E-state index in [4.69, 9.17) is 0 Å². The Morgan fingerprint density at radius 1 is 1.46 bits per heavy atom. The summed E-state index contributed by atoms with van der Waals surface area (Å²) in [6.07, 6.45) is 6.02. The number of carbonyl (C=O) groups is 1. The summed E-state index contributed by atoms with van der Waals surface area (Å²) in [5.74, 6) is 1.01. The Balaban J connectivity index is 1.89. The number of hydrogen-bond donors (Lipinski definition) is 0. The molecule has 2 nitrogen and oxygen atoms in total. The van der Waals surface area contributed by atoms with E-state index in [0.717, 1.165) is 12.3 Å². The van der Waals surface area contributed by atoms with Crippen LogP contribution < -0.4 is 0 Å². The lowest BCUT2D eigenvalue weighted by atomic mass is 10.1. The molecule has 0 spiro atoms. The lowest BCUT2D eigenvalue weighted by molar-refractivity contribution is 0.0973. The molecule has 2 heteroatoms. The molecule has 0 bridgehead atoms. The molecule has 1 saturated carbocycles. The van der Waals surface area contributed by atoms with Gasteiger partial charge in [-0.15, -0.1) is 0 Å². The fourth-order valence-electron chi connectivity index (χ4n) is 1.40. The van der Waals surface area contributed by atoms with Gasteiger partial charge in [-0.3, -0.25) is 9.78 Å². The summed E-state index contributed by atoms with van der Waals surface area (Å²) in [5.41, 5.74) is 0.614. The van der Waals surface area contributed by atoms with Gasteiger partial charge < -0.3 is 0 Å². The molecule has 0 amide bonds. The second-order valence-electron chi connectivity index (χ2n) is 3.62. The standard InChI is InChI=1S/C11H13NO/c13-11(7-6-9-4-5-9)10-3-1-2-8-12-10/h1-3,8-9H,4-7H2. The van der Waals surface area contributed by atoms with Crippen molar-refractivity contribution >= 4 is 5.78 Å². The van der Waals surface area contributed by atoms with Gasteiger partial charge in [0.15, 0.2) is 5.78 Å². The maximum Gasteiger partial charge on any atom is 0.181 e. The van der Waals surface area contributed by atoms with Crippen LogP contribution in [0.4, 0.5) is 0 Å². The molecule has 0 radical (unpaired) electrons. The summed E-state index contributed by atoms with van der Waals surface area (Å²) in [6, 6.07) is 5.48. The first-order chi connectivity index (χ1) is 6.36. The van der Waals surface area contributed by atoms with E-state index in [2.05, 4.69) is 4.98 Å². The Labute approximate surface area is 78.0 Å². The third-order valence-electron chi connectivity index (χ3n) is 2.43. The van der Waals surface area contributed by atoms with E-state index in [-0.39, 0.29) is 5.78 Å². The minimum absolute atomic E-state index is 0.188. The molecule has 13 heavy (non-hydrogen) atoms. The molecule has 1 aliphatic carbocycles. The van der Waals surface area contributed by atoms with Gasteiger partial charge in [0.2, 0.25) is 0 Å². The van der Waals surface area contributed by atoms with Gasteiger partial charge in [0.1, 0.15) is 5.69 Å². The van der Waals surface area contributed by atoms with Crippen LogP contribution in [0.1, 0.15) is 36.2 Å². The van der Waals surface area contributed by atoms with Crippen LogP contribution >= 0.6 is 0 Å². The normalized spacial score (nSPS) is 15.7. The molecule has 1 aromatic heterocycles. The van der Waals surface area contributed by atoms with Gasteiger partial charge >= 0.3 is 0 Å². The average Bonchev–Trinajstić information content (AvgIpc) is 2.99. The fourth-order valence-corrected chi connectivity index (χ4v) is 1.40. The van der Waals surface area contributed by atoms with Gasteiger partial charge in [0.05, 0.1) is 0 Å². The van der Waals surface area contributed by atoms with Gasteiger partial charge in [-0.2, -0.15) is 0 Å². The van der Waals surface area contributed by atoms with E-state index >= 15 is 0 Å². The largest absolute Gasteiger partial charge is 0.292 e. The molecule has 1 aliphatic rings. The molecule has 0 unspecified atom stereocenters. The summed E-state index contributed by atoms with van der Waals surface area (Å²) in [6.45, 7) is 0. The van der Waals surface area contributed by atoms with Gasteiger partial charge in [-0.05, 0) is 24.5 Å². The summed E-state index contributed by atoms with van der Waals surface area (Å²) in [4.78, 5) is 15.5. The van der Waals surface area contributed by atoms with Crippen LogP contribution in [0.15, 0.2) is 24.4 Å². The number of carbonyl (C=O) groups excluding carboxylic acids is 1. The number of hydrogen-bond acceptors (Lipinski definition) is 2. The third-order valence-corrected chi connectivity index (χ3v) is 2.43. The number of pyridine rings is 1. The molecule has 1 heterocycles. The SMILES string of the molecule is O=C(CCC1CC1)c1ccccn1. The van der Waals surface area contributed by atoms with Gasteiger partial charge in [-0.25, -0.2) is 0 Å². The molecular formula is C11H13NO. The molecule has 0 atom stereocenters. The number of ketones is 1. The lowest BCUT2D eigenvalue weighted by Crippen LogP contribution is -2.01. The highest BCUT2D eigenvalue weighted by atomic mass is 16.1. The van der Waals surface area contributed by atoms with E-state index in [9.17, 15) is 4.79 Å². The van der Waals surface area contributed by atoms with E-state index < -0.39 is 0 Å². The van der Waals surface area contributed by atoms with Crippen LogP contribution in [0.5, 0.6) is 0 Å². The van der Waals surface area contributed by atoms with Gasteiger partial charge in [0.25, 0.3) is 0 Å². The maximum absolute atomic E-state index is 11.5. The van der Waals surface area contributed by atoms with Gasteiger partial charge in [-0.1, -0.05) is 18.9 Å². The third kappa shape index (κ3) is 2.38. The van der Waals surface area contributed by atoms with Crippen LogP contribution in [-0.4, -0.2) is 10.8 Å². The van der Waals surface area contributed by atoms with Crippen molar-refractivity contribution in [1.29, 1.82) is 0 Å². The summed E-state index contributed by atoms with van der Waals surface area (Å²) in [7, 11) is 0. The van der Waals surface area contributed by atoms with E-state index in [1.807, 2.05) is 12.1 Å². The second-order valence-corrected chi connectivity index (χ2v) is 3.62. The van der Waals surface area contributed by atoms with Crippen molar-refractivity contribution < 1.29 is 4.79 Å². The zero-order chi connectivity index (χ0) is 9.10. The highest BCUT2D eigenvalue weighted by Gasteiger charge is 2.22. The minimum Gasteiger partial charge on any atom is -0.292 e. The molecule has 0 N–H and O–H groups in total. The Kier molecular flexibility index (Phi) is 2.39. The van der Waals surface area contributed by atoms with Crippen molar-refractivity contribution in [2.45, 2.75) is 25.7 Å². The molecule has 0 aromatic carbocycles. The zero-order valence-corrected chi connectivity index (χ0v) is 7.57. The Morgan fingerprint density at radius 2 is 2.31 bits per heavy atom. The molecule has 1 fully saturated rings. The topological polar surface area (TPSA) is 30.0 Å². The van der Waals surface area contributed by atoms with Crippen LogP contribution in [0, 0.1) is 5.92 Å². The first-order valence-corrected chi connectivity index (χ1v) is 4.80. The fraction of sp³-hybridized carbons (Fsp3) is 0.455. The first-order valence-electron chi connectivity index (χ1n) is 4.80. The molecular weight excluding hydrogens is 162 g/mol. The molecule has 1 aromatic rings. The van der Waals surface area contributed by atoms with Crippen molar-refractivity contribution in [3.8, 4) is 0 Å². The number of aromatic nitrogens is 1. The summed E-state index contributed by atoms with van der Waals surface area (Å²) < 4.78 is 0. The quantitative estimate of drug-likeness (QED) is 0.658. The number of rotatable bonds is 4. The van der Waals surface area contributed by atoms with Crippen molar-refractivity contribution in [2.24, 2.45) is 5.92 Å². The van der Waals surface area contributed by atoms with Crippen LogP contribution in [0.25, 0.3) is 0 Å². The molecule has 0 aliphatic heterocycles. The highest BCUT2D eigenvalue weighted by Crippen LogP contribution is 2.33. The highest BCUT2D eigenvalue weighted by molar-refractivity contribution is 5.94. The van der Waals surface area contributed by atoms with Crippen molar-refractivity contribution in [1.82, 2.24) is 4.98 Å². The number of Topliss-reactive ketones (excluding diaryl/α,β-unsaturated/α-hetero) is 1.